The Morgan fingerprint density at radius 1 is 1.12 bits per heavy atom. The van der Waals surface area contributed by atoms with Crippen LogP contribution in [0, 0.1) is 17.3 Å². The van der Waals surface area contributed by atoms with Gasteiger partial charge in [0.2, 0.25) is 15.9 Å². The fraction of sp³-hybridized carbons (Fsp3) is 0.632. The number of sulfonamides is 1. The summed E-state index contributed by atoms with van der Waals surface area (Å²) in [6.45, 7) is 1.43. The van der Waals surface area contributed by atoms with Crippen LogP contribution in [0.1, 0.15) is 45.4 Å². The molecular weight excluding hydrogens is 350 g/mol. The van der Waals surface area contributed by atoms with Crippen molar-refractivity contribution in [3.8, 4) is 0 Å². The van der Waals surface area contributed by atoms with Gasteiger partial charge in [-0.2, -0.15) is 0 Å². The van der Waals surface area contributed by atoms with Crippen molar-refractivity contribution >= 4 is 21.6 Å². The second kappa shape index (κ2) is 4.88. The van der Waals surface area contributed by atoms with Gasteiger partial charge in [-0.05, 0) is 80.0 Å². The van der Waals surface area contributed by atoms with Gasteiger partial charge in [0.1, 0.15) is 0 Å². The number of nitrogens with one attached hydrogen (secondary N) is 2. The Labute approximate surface area is 154 Å². The molecule has 0 radical (unpaired) electrons. The molecule has 4 aliphatic rings. The van der Waals surface area contributed by atoms with Crippen molar-refractivity contribution in [2.24, 2.45) is 23.0 Å². The smallest absolute Gasteiger partial charge is 0.241 e. The fourth-order valence-corrected chi connectivity index (χ4v) is 8.45. The minimum Gasteiger partial charge on any atom is -0.326 e. The van der Waals surface area contributed by atoms with Crippen LogP contribution in [0.3, 0.4) is 0 Å². The first kappa shape index (κ1) is 16.7. The normalized spacial score (nSPS) is 42.4. The molecule has 4 N–H and O–H groups in total. The zero-order valence-electron chi connectivity index (χ0n) is 14.9. The highest BCUT2D eigenvalue weighted by Crippen LogP contribution is 2.77. The molecular formula is C19H25N3O3S. The molecule has 4 aliphatic carbocycles. The molecule has 5 rings (SSSR count). The van der Waals surface area contributed by atoms with E-state index in [1.165, 1.54) is 6.92 Å². The van der Waals surface area contributed by atoms with E-state index in [9.17, 15) is 13.2 Å². The number of fused-ring (bicyclic) bond motifs is 2. The molecule has 0 heterocycles. The van der Waals surface area contributed by atoms with Crippen molar-refractivity contribution in [3.63, 3.8) is 0 Å². The first-order valence-electron chi connectivity index (χ1n) is 9.36. The lowest BCUT2D eigenvalue weighted by Gasteiger charge is -2.58. The van der Waals surface area contributed by atoms with Gasteiger partial charge < -0.3 is 11.1 Å². The summed E-state index contributed by atoms with van der Waals surface area (Å²) in [7, 11) is -3.60. The second-order valence-corrected chi connectivity index (χ2v) is 10.9. The second-order valence-electron chi connectivity index (χ2n) is 9.17. The van der Waals surface area contributed by atoms with E-state index < -0.39 is 10.0 Å². The number of anilines is 1. The zero-order valence-corrected chi connectivity index (χ0v) is 15.7. The van der Waals surface area contributed by atoms with Crippen molar-refractivity contribution in [3.05, 3.63) is 24.3 Å². The number of benzene rings is 1. The molecule has 26 heavy (non-hydrogen) atoms. The van der Waals surface area contributed by atoms with Crippen molar-refractivity contribution in [2.75, 3.05) is 5.32 Å². The van der Waals surface area contributed by atoms with Gasteiger partial charge in [-0.25, -0.2) is 13.1 Å². The Balaban J connectivity index is 1.42. The number of amides is 1. The Hall–Kier alpha value is -1.44. The van der Waals surface area contributed by atoms with Gasteiger partial charge in [0, 0.05) is 23.7 Å². The van der Waals surface area contributed by atoms with Crippen LogP contribution >= 0.6 is 0 Å². The molecule has 7 heteroatoms. The minimum atomic E-state index is -3.60. The summed E-state index contributed by atoms with van der Waals surface area (Å²) in [6.07, 6.45) is 6.03. The van der Waals surface area contributed by atoms with Crippen molar-refractivity contribution < 1.29 is 13.2 Å². The molecule has 0 aliphatic heterocycles. The molecule has 1 amide bonds. The van der Waals surface area contributed by atoms with Crippen LogP contribution in [0.2, 0.25) is 0 Å². The van der Waals surface area contributed by atoms with E-state index in [2.05, 4.69) is 10.0 Å². The summed E-state index contributed by atoms with van der Waals surface area (Å²) in [6, 6.07) is 6.37. The molecule has 4 fully saturated rings. The molecule has 1 spiro atoms. The summed E-state index contributed by atoms with van der Waals surface area (Å²) in [5, 5.41) is 2.66. The van der Waals surface area contributed by atoms with E-state index in [1.54, 1.807) is 24.3 Å². The van der Waals surface area contributed by atoms with E-state index in [1.807, 2.05) is 0 Å². The van der Waals surface area contributed by atoms with Crippen LogP contribution in [-0.4, -0.2) is 25.4 Å². The number of nitrogens with two attached hydrogens (primary N) is 1. The third-order valence-electron chi connectivity index (χ3n) is 7.45. The number of rotatable bonds is 4. The first-order valence-corrected chi connectivity index (χ1v) is 10.8. The third kappa shape index (κ3) is 2.11. The van der Waals surface area contributed by atoms with Crippen LogP contribution in [-0.2, 0) is 14.8 Å². The van der Waals surface area contributed by atoms with Crippen LogP contribution in [0.4, 0.5) is 5.69 Å². The summed E-state index contributed by atoms with van der Waals surface area (Å²) < 4.78 is 29.2. The first-order chi connectivity index (χ1) is 12.2. The summed E-state index contributed by atoms with van der Waals surface area (Å²) >= 11 is 0. The van der Waals surface area contributed by atoms with E-state index in [0.717, 1.165) is 38.5 Å². The molecule has 4 saturated carbocycles. The van der Waals surface area contributed by atoms with Gasteiger partial charge in [-0.3, -0.25) is 4.79 Å². The lowest BCUT2D eigenvalue weighted by atomic mass is 9.51. The van der Waals surface area contributed by atoms with E-state index >= 15 is 0 Å². The van der Waals surface area contributed by atoms with Crippen molar-refractivity contribution in [1.82, 2.24) is 4.72 Å². The number of carbonyl (C=O) groups is 1. The van der Waals surface area contributed by atoms with Gasteiger partial charge >= 0.3 is 0 Å². The molecule has 140 valence electrons. The van der Waals surface area contributed by atoms with E-state index in [4.69, 9.17) is 5.73 Å². The average Bonchev–Trinajstić information content (AvgIpc) is 2.80. The third-order valence-corrected chi connectivity index (χ3v) is 9.00. The topological polar surface area (TPSA) is 101 Å². The fourth-order valence-electron chi connectivity index (χ4n) is 6.95. The predicted molar refractivity (Wildman–Crippen MR) is 97.8 cm³/mol. The number of carbonyl (C=O) groups excluding carboxylic acids is 1. The lowest BCUT2D eigenvalue weighted by molar-refractivity contribution is -0.114. The summed E-state index contributed by atoms with van der Waals surface area (Å²) in [5.74, 6) is 0.942. The molecule has 5 atom stereocenters. The number of hydrogen-bond acceptors (Lipinski definition) is 4. The highest BCUT2D eigenvalue weighted by Gasteiger charge is 2.77. The number of hydrogen-bond donors (Lipinski definition) is 3. The zero-order chi connectivity index (χ0) is 18.4. The van der Waals surface area contributed by atoms with Gasteiger partial charge in [-0.15, -0.1) is 0 Å². The predicted octanol–water partition coefficient (Wildman–Crippen LogP) is 1.97. The minimum absolute atomic E-state index is 0.0721. The maximum Gasteiger partial charge on any atom is 0.241 e. The monoisotopic (exact) mass is 375 g/mol. The van der Waals surface area contributed by atoms with Crippen LogP contribution < -0.4 is 15.8 Å². The average molecular weight is 375 g/mol. The van der Waals surface area contributed by atoms with Gasteiger partial charge in [-0.1, -0.05) is 0 Å². The Kier molecular flexibility index (Phi) is 3.14. The van der Waals surface area contributed by atoms with Gasteiger partial charge in [0.25, 0.3) is 0 Å². The maximum atomic E-state index is 13.1. The van der Waals surface area contributed by atoms with Gasteiger partial charge in [0.05, 0.1) is 4.90 Å². The summed E-state index contributed by atoms with van der Waals surface area (Å²) in [4.78, 5) is 11.4. The maximum absolute atomic E-state index is 13.1. The highest BCUT2D eigenvalue weighted by molar-refractivity contribution is 7.89. The molecule has 5 unspecified atom stereocenters. The van der Waals surface area contributed by atoms with E-state index in [-0.39, 0.29) is 27.3 Å². The van der Waals surface area contributed by atoms with Crippen molar-refractivity contribution in [2.45, 2.75) is 61.4 Å². The molecule has 0 saturated heterocycles. The summed E-state index contributed by atoms with van der Waals surface area (Å²) in [5.41, 5.74) is 6.90. The molecule has 1 aromatic carbocycles. The molecule has 3 bridgehead atoms. The van der Waals surface area contributed by atoms with Crippen LogP contribution in [0.15, 0.2) is 29.2 Å². The quantitative estimate of drug-likeness (QED) is 0.749. The Morgan fingerprint density at radius 3 is 2.54 bits per heavy atom. The highest BCUT2D eigenvalue weighted by atomic mass is 32.2. The largest absolute Gasteiger partial charge is 0.326 e. The lowest BCUT2D eigenvalue weighted by Crippen LogP contribution is -2.67. The SMILES string of the molecule is CC(=O)Nc1ccc(S(=O)(=O)NC23CC4CC5(N)CC(C2)C3(C4)C5)cc1. The molecule has 1 aromatic rings. The van der Waals surface area contributed by atoms with Crippen LogP contribution in [0.25, 0.3) is 0 Å². The Bertz CT molecular complexity index is 895. The Morgan fingerprint density at radius 2 is 1.85 bits per heavy atom. The standard InChI is InChI=1S/C19H25N3O3S/c1-12(23)21-15-2-4-16(5-3-15)26(24,25)22-19-8-13-6-17(20)9-14(10-19)18(19,7-13)11-17/h2-5,13-14,22H,6-11,20H2,1H3,(H,21,23). The van der Waals surface area contributed by atoms with Crippen molar-refractivity contribution in [1.29, 1.82) is 0 Å². The molecule has 6 nitrogen and oxygen atoms in total. The molecule has 0 aromatic heterocycles. The van der Waals surface area contributed by atoms with Gasteiger partial charge in [0.15, 0.2) is 0 Å². The van der Waals surface area contributed by atoms with E-state index in [0.29, 0.717) is 17.5 Å². The van der Waals surface area contributed by atoms with Crippen LogP contribution in [0.5, 0.6) is 0 Å².